The molecule has 0 unspecified atom stereocenters. The lowest BCUT2D eigenvalue weighted by atomic mass is 10.2. The third-order valence-electron chi connectivity index (χ3n) is 2.84. The number of carbonyl (C=O) groups is 1. The summed E-state index contributed by atoms with van der Waals surface area (Å²) in [5.74, 6) is -0.0631. The molecule has 0 bridgehead atoms. The molecule has 0 fully saturated rings. The van der Waals surface area contributed by atoms with Crippen LogP contribution in [0, 0.1) is 5.82 Å². The highest BCUT2D eigenvalue weighted by Gasteiger charge is 2.10. The maximum Gasteiger partial charge on any atom is 0.253 e. The number of benzene rings is 2. The average Bonchev–Trinajstić information content (AvgIpc) is 2.45. The summed E-state index contributed by atoms with van der Waals surface area (Å²) in [6, 6.07) is 11.1. The smallest absolute Gasteiger partial charge is 0.253 e. The fourth-order valence-electron chi connectivity index (χ4n) is 1.86. The SMILES string of the molecule is CCOc1cccc(CNC(=O)c2ccc(F)cc2Cl)c1. The zero-order valence-electron chi connectivity index (χ0n) is 11.5. The molecular formula is C16H15ClFNO2. The molecule has 2 rings (SSSR count). The van der Waals surface area contributed by atoms with Crippen LogP contribution >= 0.6 is 11.6 Å². The van der Waals surface area contributed by atoms with Gasteiger partial charge < -0.3 is 10.1 Å². The molecule has 0 saturated carbocycles. The minimum absolute atomic E-state index is 0.0931. The number of carbonyl (C=O) groups excluding carboxylic acids is 1. The van der Waals surface area contributed by atoms with Gasteiger partial charge in [-0.1, -0.05) is 23.7 Å². The van der Waals surface area contributed by atoms with Crippen molar-refractivity contribution in [1.82, 2.24) is 5.32 Å². The molecule has 0 saturated heterocycles. The Morgan fingerprint density at radius 1 is 1.29 bits per heavy atom. The van der Waals surface area contributed by atoms with Gasteiger partial charge >= 0.3 is 0 Å². The van der Waals surface area contributed by atoms with Crippen molar-refractivity contribution in [1.29, 1.82) is 0 Å². The Hall–Kier alpha value is -2.07. The topological polar surface area (TPSA) is 38.3 Å². The zero-order valence-corrected chi connectivity index (χ0v) is 12.3. The van der Waals surface area contributed by atoms with Crippen LogP contribution in [-0.2, 0) is 6.54 Å². The maximum absolute atomic E-state index is 12.9. The first-order valence-corrected chi connectivity index (χ1v) is 6.93. The van der Waals surface area contributed by atoms with Crippen molar-refractivity contribution in [3.8, 4) is 5.75 Å². The number of halogens is 2. The molecule has 5 heteroatoms. The van der Waals surface area contributed by atoms with Crippen molar-refractivity contribution in [2.75, 3.05) is 6.61 Å². The zero-order chi connectivity index (χ0) is 15.2. The second-order valence-electron chi connectivity index (χ2n) is 4.39. The Balaban J connectivity index is 2.02. The third-order valence-corrected chi connectivity index (χ3v) is 3.15. The summed E-state index contributed by atoms with van der Waals surface area (Å²) in [4.78, 5) is 12.0. The van der Waals surface area contributed by atoms with Gasteiger partial charge in [0.1, 0.15) is 11.6 Å². The molecule has 0 aromatic heterocycles. The molecule has 0 heterocycles. The van der Waals surface area contributed by atoms with Gasteiger partial charge in [-0.2, -0.15) is 0 Å². The number of hydrogen-bond donors (Lipinski definition) is 1. The van der Waals surface area contributed by atoms with Crippen LogP contribution < -0.4 is 10.1 Å². The molecule has 0 atom stereocenters. The Morgan fingerprint density at radius 3 is 2.81 bits per heavy atom. The van der Waals surface area contributed by atoms with Crippen molar-refractivity contribution in [2.24, 2.45) is 0 Å². The molecule has 0 spiro atoms. The normalized spacial score (nSPS) is 10.2. The van der Waals surface area contributed by atoms with E-state index in [0.717, 1.165) is 17.4 Å². The first-order chi connectivity index (χ1) is 10.1. The molecule has 21 heavy (non-hydrogen) atoms. The average molecular weight is 308 g/mol. The summed E-state index contributed by atoms with van der Waals surface area (Å²) in [6.45, 7) is 2.83. The highest BCUT2D eigenvalue weighted by molar-refractivity contribution is 6.33. The fraction of sp³-hybridized carbons (Fsp3) is 0.188. The van der Waals surface area contributed by atoms with Gasteiger partial charge in [0.15, 0.2) is 0 Å². The summed E-state index contributed by atoms with van der Waals surface area (Å²) in [6.07, 6.45) is 0. The Labute approximate surface area is 127 Å². The second-order valence-corrected chi connectivity index (χ2v) is 4.79. The quantitative estimate of drug-likeness (QED) is 0.912. The van der Waals surface area contributed by atoms with E-state index in [1.165, 1.54) is 12.1 Å². The van der Waals surface area contributed by atoms with E-state index < -0.39 is 5.82 Å². The number of nitrogens with one attached hydrogen (secondary N) is 1. The molecule has 3 nitrogen and oxygen atoms in total. The van der Waals surface area contributed by atoms with Crippen molar-refractivity contribution in [2.45, 2.75) is 13.5 Å². The van der Waals surface area contributed by atoms with Crippen LogP contribution in [0.15, 0.2) is 42.5 Å². The first-order valence-electron chi connectivity index (χ1n) is 6.55. The van der Waals surface area contributed by atoms with Gasteiger partial charge in [-0.25, -0.2) is 4.39 Å². The van der Waals surface area contributed by atoms with Gasteiger partial charge in [0.2, 0.25) is 0 Å². The van der Waals surface area contributed by atoms with Gasteiger partial charge in [-0.15, -0.1) is 0 Å². The van der Waals surface area contributed by atoms with Crippen molar-refractivity contribution < 1.29 is 13.9 Å². The van der Waals surface area contributed by atoms with Crippen LogP contribution in [-0.4, -0.2) is 12.5 Å². The Kier molecular flexibility index (Phi) is 5.17. The predicted octanol–water partition coefficient (Wildman–Crippen LogP) is 3.81. The van der Waals surface area contributed by atoms with Crippen LogP contribution in [0.1, 0.15) is 22.8 Å². The maximum atomic E-state index is 12.9. The number of hydrogen-bond acceptors (Lipinski definition) is 2. The summed E-state index contributed by atoms with van der Waals surface area (Å²) < 4.78 is 18.3. The second kappa shape index (κ2) is 7.09. The van der Waals surface area contributed by atoms with Crippen molar-refractivity contribution in [3.05, 3.63) is 64.4 Å². The molecule has 1 amide bonds. The van der Waals surface area contributed by atoms with E-state index in [-0.39, 0.29) is 16.5 Å². The largest absolute Gasteiger partial charge is 0.494 e. The van der Waals surface area contributed by atoms with Gasteiger partial charge in [0.05, 0.1) is 17.2 Å². The molecule has 0 aliphatic carbocycles. The Bertz CT molecular complexity index is 646. The lowest BCUT2D eigenvalue weighted by Gasteiger charge is -2.09. The standard InChI is InChI=1S/C16H15ClFNO2/c1-2-21-13-5-3-4-11(8-13)10-19-16(20)14-7-6-12(18)9-15(14)17/h3-9H,2,10H2,1H3,(H,19,20). The monoisotopic (exact) mass is 307 g/mol. The summed E-state index contributed by atoms with van der Waals surface area (Å²) in [5, 5.41) is 2.84. The van der Waals surface area contributed by atoms with Crippen LogP contribution in [0.4, 0.5) is 4.39 Å². The number of ether oxygens (including phenoxy) is 1. The van der Waals surface area contributed by atoms with Gasteiger partial charge in [-0.3, -0.25) is 4.79 Å². The third kappa shape index (κ3) is 4.20. The lowest BCUT2D eigenvalue weighted by molar-refractivity contribution is 0.0951. The van der Waals surface area contributed by atoms with E-state index in [0.29, 0.717) is 13.2 Å². The number of amides is 1. The summed E-state index contributed by atoms with van der Waals surface area (Å²) in [5.41, 5.74) is 1.16. The summed E-state index contributed by atoms with van der Waals surface area (Å²) >= 11 is 5.85. The highest BCUT2D eigenvalue weighted by Crippen LogP contribution is 2.17. The molecule has 0 aliphatic heterocycles. The van der Waals surface area contributed by atoms with E-state index in [1.807, 2.05) is 31.2 Å². The molecular weight excluding hydrogens is 293 g/mol. The van der Waals surface area contributed by atoms with E-state index in [2.05, 4.69) is 5.32 Å². The first kappa shape index (κ1) is 15.3. The molecule has 2 aromatic carbocycles. The van der Waals surface area contributed by atoms with E-state index in [1.54, 1.807) is 0 Å². The van der Waals surface area contributed by atoms with Gasteiger partial charge in [-0.05, 0) is 42.8 Å². The molecule has 110 valence electrons. The number of rotatable bonds is 5. The van der Waals surface area contributed by atoms with Gasteiger partial charge in [0.25, 0.3) is 5.91 Å². The van der Waals surface area contributed by atoms with Crippen LogP contribution in [0.25, 0.3) is 0 Å². The minimum Gasteiger partial charge on any atom is -0.494 e. The van der Waals surface area contributed by atoms with E-state index in [4.69, 9.17) is 16.3 Å². The minimum atomic E-state index is -0.471. The van der Waals surface area contributed by atoms with Crippen LogP contribution in [0.5, 0.6) is 5.75 Å². The van der Waals surface area contributed by atoms with E-state index in [9.17, 15) is 9.18 Å². The van der Waals surface area contributed by atoms with E-state index >= 15 is 0 Å². The Morgan fingerprint density at radius 2 is 2.10 bits per heavy atom. The van der Waals surface area contributed by atoms with Crippen molar-refractivity contribution in [3.63, 3.8) is 0 Å². The lowest BCUT2D eigenvalue weighted by Crippen LogP contribution is -2.23. The van der Waals surface area contributed by atoms with Crippen LogP contribution in [0.3, 0.4) is 0 Å². The molecule has 0 aliphatic rings. The van der Waals surface area contributed by atoms with Gasteiger partial charge in [0, 0.05) is 6.54 Å². The molecule has 0 radical (unpaired) electrons. The molecule has 2 aromatic rings. The summed E-state index contributed by atoms with van der Waals surface area (Å²) in [7, 11) is 0. The fourth-order valence-corrected chi connectivity index (χ4v) is 2.12. The highest BCUT2D eigenvalue weighted by atomic mass is 35.5. The predicted molar refractivity (Wildman–Crippen MR) is 80.2 cm³/mol. The van der Waals surface area contributed by atoms with Crippen molar-refractivity contribution >= 4 is 17.5 Å². The molecule has 1 N–H and O–H groups in total. The van der Waals surface area contributed by atoms with Crippen LogP contribution in [0.2, 0.25) is 5.02 Å².